The Bertz CT molecular complexity index is 350. The van der Waals surface area contributed by atoms with Crippen LogP contribution < -0.4 is 10.9 Å². The molecule has 0 saturated carbocycles. The minimum absolute atomic E-state index is 0.455. The number of benzene rings is 1. The maximum absolute atomic E-state index is 11.9. The fraction of sp³-hybridized carbons (Fsp3) is 0.364. The van der Waals surface area contributed by atoms with Crippen molar-refractivity contribution in [3.05, 3.63) is 30.3 Å². The van der Waals surface area contributed by atoms with Crippen molar-refractivity contribution >= 4 is 11.6 Å². The highest BCUT2D eigenvalue weighted by molar-refractivity contribution is 5.96. The summed E-state index contributed by atoms with van der Waals surface area (Å²) in [5, 5.41) is 19.1. The molecule has 1 amide bonds. The molecule has 1 aromatic carbocycles. The maximum Gasteiger partial charge on any atom is 0.251 e. The molecule has 0 aliphatic carbocycles. The quantitative estimate of drug-likeness (QED) is 0.378. The molecular formula is C11H16N2O3. The van der Waals surface area contributed by atoms with E-state index in [4.69, 9.17) is 16.1 Å². The molecule has 5 heteroatoms. The van der Waals surface area contributed by atoms with Crippen LogP contribution in [0.15, 0.2) is 30.3 Å². The number of para-hydroxylation sites is 1. The fourth-order valence-electron chi connectivity index (χ4n) is 1.18. The summed E-state index contributed by atoms with van der Waals surface area (Å²) in [6.45, 7) is 0.546. The van der Waals surface area contributed by atoms with E-state index in [1.165, 1.54) is 6.92 Å². The van der Waals surface area contributed by atoms with Crippen LogP contribution in [0.1, 0.15) is 6.92 Å². The van der Waals surface area contributed by atoms with E-state index in [-0.39, 0.29) is 0 Å². The standard InChI is InChI=1S/C11H16N2O3/c1-11(7-14,8-15)10(16)13(12)9-5-3-2-4-6-9/h2-6,14-15H,7-8,12H2,1H3. The second-order valence-electron chi connectivity index (χ2n) is 3.89. The fourth-order valence-corrected chi connectivity index (χ4v) is 1.18. The summed E-state index contributed by atoms with van der Waals surface area (Å²) in [5.41, 5.74) is -0.745. The molecule has 88 valence electrons. The Balaban J connectivity index is 2.90. The van der Waals surface area contributed by atoms with Crippen molar-refractivity contribution < 1.29 is 15.0 Å². The molecule has 0 bridgehead atoms. The summed E-state index contributed by atoms with van der Waals surface area (Å²) in [6, 6.07) is 8.65. The van der Waals surface area contributed by atoms with E-state index in [0.717, 1.165) is 5.01 Å². The first-order chi connectivity index (χ1) is 7.55. The molecule has 0 radical (unpaired) electrons. The Kier molecular flexibility index (Phi) is 4.00. The van der Waals surface area contributed by atoms with Crippen molar-refractivity contribution in [3.63, 3.8) is 0 Å². The van der Waals surface area contributed by atoms with Gasteiger partial charge in [-0.15, -0.1) is 0 Å². The third-order valence-electron chi connectivity index (χ3n) is 2.47. The summed E-state index contributed by atoms with van der Waals surface area (Å²) in [7, 11) is 0. The molecular weight excluding hydrogens is 208 g/mol. The van der Waals surface area contributed by atoms with Gasteiger partial charge >= 0.3 is 0 Å². The van der Waals surface area contributed by atoms with Crippen molar-refractivity contribution in [1.82, 2.24) is 0 Å². The number of rotatable bonds is 4. The zero-order valence-corrected chi connectivity index (χ0v) is 9.13. The predicted molar refractivity (Wildman–Crippen MR) is 60.4 cm³/mol. The summed E-state index contributed by atoms with van der Waals surface area (Å²) < 4.78 is 0. The van der Waals surface area contributed by atoms with Gasteiger partial charge in [0.15, 0.2) is 0 Å². The van der Waals surface area contributed by atoms with E-state index in [1.807, 2.05) is 0 Å². The Morgan fingerprint density at radius 3 is 2.25 bits per heavy atom. The number of hydrazine groups is 1. The van der Waals surface area contributed by atoms with Gasteiger partial charge in [-0.2, -0.15) is 0 Å². The van der Waals surface area contributed by atoms with Crippen LogP contribution in [0.3, 0.4) is 0 Å². The van der Waals surface area contributed by atoms with Crippen molar-refractivity contribution in [1.29, 1.82) is 0 Å². The number of aliphatic hydroxyl groups excluding tert-OH is 2. The highest BCUT2D eigenvalue weighted by atomic mass is 16.3. The SMILES string of the molecule is CC(CO)(CO)C(=O)N(N)c1ccccc1. The van der Waals surface area contributed by atoms with Crippen LogP contribution in [0.2, 0.25) is 0 Å². The van der Waals surface area contributed by atoms with E-state index in [0.29, 0.717) is 5.69 Å². The average Bonchev–Trinajstić information content (AvgIpc) is 2.37. The van der Waals surface area contributed by atoms with Crippen LogP contribution in [0.25, 0.3) is 0 Å². The number of carbonyl (C=O) groups is 1. The molecule has 4 N–H and O–H groups in total. The Morgan fingerprint density at radius 1 is 1.31 bits per heavy atom. The van der Waals surface area contributed by atoms with Gasteiger partial charge in [0.1, 0.15) is 0 Å². The molecule has 0 aromatic heterocycles. The van der Waals surface area contributed by atoms with Crippen LogP contribution in [-0.4, -0.2) is 29.3 Å². The lowest BCUT2D eigenvalue weighted by molar-refractivity contribution is -0.132. The smallest absolute Gasteiger partial charge is 0.251 e. The molecule has 0 spiro atoms. The number of aliphatic hydroxyl groups is 2. The molecule has 5 nitrogen and oxygen atoms in total. The number of hydrogen-bond acceptors (Lipinski definition) is 4. The second kappa shape index (κ2) is 5.07. The van der Waals surface area contributed by atoms with Crippen LogP contribution in [-0.2, 0) is 4.79 Å². The van der Waals surface area contributed by atoms with Gasteiger partial charge in [0, 0.05) is 0 Å². The molecule has 0 aliphatic heterocycles. The highest BCUT2D eigenvalue weighted by Gasteiger charge is 2.35. The molecule has 16 heavy (non-hydrogen) atoms. The van der Waals surface area contributed by atoms with Gasteiger partial charge in [-0.3, -0.25) is 4.79 Å². The summed E-state index contributed by atoms with van der Waals surface area (Å²) in [5.74, 6) is 5.11. The van der Waals surface area contributed by atoms with Gasteiger partial charge in [-0.05, 0) is 19.1 Å². The third kappa shape index (κ3) is 2.38. The number of carbonyl (C=O) groups excluding carboxylic acids is 1. The van der Waals surface area contributed by atoms with Crippen LogP contribution in [0.5, 0.6) is 0 Å². The zero-order chi connectivity index (χ0) is 12.2. The molecule has 0 saturated heterocycles. The Labute approximate surface area is 94.1 Å². The first-order valence-corrected chi connectivity index (χ1v) is 4.91. The summed E-state index contributed by atoms with van der Waals surface area (Å²) in [6.07, 6.45) is 0. The molecule has 1 rings (SSSR count). The number of anilines is 1. The molecule has 0 aliphatic rings. The predicted octanol–water partition coefficient (Wildman–Crippen LogP) is -0.116. The summed E-state index contributed by atoms with van der Waals surface area (Å²) >= 11 is 0. The molecule has 0 unspecified atom stereocenters. The van der Waals surface area contributed by atoms with E-state index in [2.05, 4.69) is 0 Å². The van der Waals surface area contributed by atoms with Gasteiger partial charge in [0.05, 0.1) is 24.3 Å². The van der Waals surface area contributed by atoms with E-state index in [1.54, 1.807) is 30.3 Å². The van der Waals surface area contributed by atoms with Crippen molar-refractivity contribution in [2.75, 3.05) is 18.2 Å². The zero-order valence-electron chi connectivity index (χ0n) is 9.13. The molecule has 0 fully saturated rings. The maximum atomic E-state index is 11.9. The van der Waals surface area contributed by atoms with E-state index >= 15 is 0 Å². The lowest BCUT2D eigenvalue weighted by atomic mass is 9.91. The molecule has 1 aromatic rings. The Hall–Kier alpha value is -1.43. The van der Waals surface area contributed by atoms with Gasteiger partial charge in [-0.25, -0.2) is 10.9 Å². The van der Waals surface area contributed by atoms with Crippen LogP contribution >= 0.6 is 0 Å². The average molecular weight is 224 g/mol. The first kappa shape index (κ1) is 12.6. The van der Waals surface area contributed by atoms with Gasteiger partial charge in [0.25, 0.3) is 5.91 Å². The van der Waals surface area contributed by atoms with Crippen molar-refractivity contribution in [2.24, 2.45) is 11.3 Å². The number of amides is 1. The normalized spacial score (nSPS) is 11.2. The first-order valence-electron chi connectivity index (χ1n) is 4.91. The van der Waals surface area contributed by atoms with Crippen LogP contribution in [0.4, 0.5) is 5.69 Å². The Morgan fingerprint density at radius 2 is 1.81 bits per heavy atom. The minimum atomic E-state index is -1.26. The largest absolute Gasteiger partial charge is 0.395 e. The highest BCUT2D eigenvalue weighted by Crippen LogP contribution is 2.20. The lowest BCUT2D eigenvalue weighted by Gasteiger charge is -2.28. The monoisotopic (exact) mass is 224 g/mol. The number of hydrogen-bond donors (Lipinski definition) is 3. The summed E-state index contributed by atoms with van der Waals surface area (Å²) in [4.78, 5) is 11.9. The third-order valence-corrected chi connectivity index (χ3v) is 2.47. The van der Waals surface area contributed by atoms with Crippen molar-refractivity contribution in [2.45, 2.75) is 6.92 Å². The van der Waals surface area contributed by atoms with Crippen molar-refractivity contribution in [3.8, 4) is 0 Å². The van der Waals surface area contributed by atoms with E-state index < -0.39 is 24.5 Å². The minimum Gasteiger partial charge on any atom is -0.395 e. The topological polar surface area (TPSA) is 86.8 Å². The van der Waals surface area contributed by atoms with E-state index in [9.17, 15) is 4.79 Å². The lowest BCUT2D eigenvalue weighted by Crippen LogP contribution is -2.50. The van der Waals surface area contributed by atoms with Crippen LogP contribution in [0, 0.1) is 5.41 Å². The van der Waals surface area contributed by atoms with Gasteiger partial charge in [-0.1, -0.05) is 18.2 Å². The number of nitrogens with zero attached hydrogens (tertiary/aromatic N) is 1. The molecule has 0 heterocycles. The van der Waals surface area contributed by atoms with Gasteiger partial charge in [0.2, 0.25) is 0 Å². The molecule has 0 atom stereocenters. The van der Waals surface area contributed by atoms with Gasteiger partial charge < -0.3 is 10.2 Å². The number of nitrogens with two attached hydrogens (primary N) is 1. The second-order valence-corrected chi connectivity index (χ2v) is 3.89.